The van der Waals surface area contributed by atoms with E-state index in [0.29, 0.717) is 49.1 Å². The highest BCUT2D eigenvalue weighted by Crippen LogP contribution is 2.49. The summed E-state index contributed by atoms with van der Waals surface area (Å²) >= 11 is 0. The van der Waals surface area contributed by atoms with Crippen LogP contribution >= 0.6 is 0 Å². The lowest BCUT2D eigenvalue weighted by Gasteiger charge is -2.35. The lowest BCUT2D eigenvalue weighted by molar-refractivity contribution is -0.128. The Morgan fingerprint density at radius 1 is 0.843 bits per heavy atom. The first-order chi connectivity index (χ1) is 24.2. The summed E-state index contributed by atoms with van der Waals surface area (Å²) in [5.41, 5.74) is 3.31. The first-order valence-corrected chi connectivity index (χ1v) is 22.0. The molecule has 2 aromatic carbocycles. The average Bonchev–Trinajstić information content (AvgIpc) is 3.10. The van der Waals surface area contributed by atoms with Crippen molar-refractivity contribution in [1.29, 1.82) is 0 Å². The Bertz CT molecular complexity index is 1280. The van der Waals surface area contributed by atoms with E-state index in [1.165, 1.54) is 0 Å². The van der Waals surface area contributed by atoms with Gasteiger partial charge in [-0.05, 0) is 36.8 Å². The minimum atomic E-state index is -1.24. The molecule has 2 rings (SSSR count). The van der Waals surface area contributed by atoms with Gasteiger partial charge in [-0.15, -0.1) is 6.58 Å². The Morgan fingerprint density at radius 2 is 1.49 bits per heavy atom. The summed E-state index contributed by atoms with van der Waals surface area (Å²) in [4.78, 5) is 0. The van der Waals surface area contributed by atoms with Gasteiger partial charge in [-0.2, -0.15) is 0 Å². The van der Waals surface area contributed by atoms with Crippen molar-refractivity contribution in [2.45, 2.75) is 98.1 Å². The van der Waals surface area contributed by atoms with Gasteiger partial charge in [0.05, 0.1) is 46.2 Å². The number of methoxy groups -OCH3 is 4. The van der Waals surface area contributed by atoms with Crippen LogP contribution in [-0.4, -0.2) is 80.6 Å². The minimum Gasteiger partial charge on any atom is -0.496 e. The molecule has 0 fully saturated rings. The highest BCUT2D eigenvalue weighted by Gasteiger charge is 2.37. The molecule has 0 saturated carbocycles. The molecule has 1 N–H and O–H groups in total. The molecular weight excluding hydrogens is 665 g/mol. The largest absolute Gasteiger partial charge is 0.496 e. The summed E-state index contributed by atoms with van der Waals surface area (Å²) in [6, 6.07) is 11.2. The van der Waals surface area contributed by atoms with Crippen LogP contribution in [0.15, 0.2) is 43.0 Å². The van der Waals surface area contributed by atoms with Crippen LogP contribution in [0.5, 0.6) is 17.2 Å². The van der Waals surface area contributed by atoms with Crippen molar-refractivity contribution in [2.24, 2.45) is 23.7 Å². The van der Waals surface area contributed by atoms with E-state index in [0.717, 1.165) is 29.2 Å². The number of rotatable bonds is 26. The van der Waals surface area contributed by atoms with Gasteiger partial charge in [0.25, 0.3) is 0 Å². The van der Waals surface area contributed by atoms with Crippen LogP contribution in [-0.2, 0) is 36.7 Å². The molecule has 290 valence electrons. The van der Waals surface area contributed by atoms with Crippen molar-refractivity contribution in [3.8, 4) is 17.2 Å². The molecule has 0 aliphatic heterocycles. The average molecular weight is 733 g/mol. The Labute approximate surface area is 309 Å². The van der Waals surface area contributed by atoms with Gasteiger partial charge in [-0.1, -0.05) is 83.7 Å². The third-order valence-corrected chi connectivity index (χ3v) is 11.3. The molecule has 0 amide bonds. The highest BCUT2D eigenvalue weighted by atomic mass is 28.3. The van der Waals surface area contributed by atoms with Gasteiger partial charge in [-0.25, -0.2) is 0 Å². The SMILES string of the molecule is C=C[C@H](C)[C@H](OCOCC[Si](C)(C)C)[C@@H](C)[C@@H](O)c1c(C[C@H](OCOC)[C@@H](C)C[C@H](C)COCc2ccccc2)c(OC)c(C)c(OC)c1OC. The maximum Gasteiger partial charge on any atom is 0.167 e. The van der Waals surface area contributed by atoms with E-state index >= 15 is 0 Å². The standard InChI is InChI=1S/C41H68O9Si/c1-14-29(3)38(50-27-47-20-21-51(11,12)13)31(5)37(42)36-34(39(44-8)32(6)40(45-9)41(36)46-10)23-35(49-26-43-7)30(4)22-28(2)24-48-25-33-18-16-15-17-19-33/h14-19,28-31,35,37-38,42H,1,20-27H2,2-13H3/t28-,29-,30-,31-,35-,37+,38-/m0/s1. The number of ether oxygens (including phenoxy) is 8. The molecule has 51 heavy (non-hydrogen) atoms. The fourth-order valence-electron chi connectivity index (χ4n) is 6.63. The maximum absolute atomic E-state index is 12.4. The van der Waals surface area contributed by atoms with Gasteiger partial charge < -0.3 is 43.0 Å². The van der Waals surface area contributed by atoms with E-state index in [9.17, 15) is 5.11 Å². The van der Waals surface area contributed by atoms with Gasteiger partial charge in [0.15, 0.2) is 11.5 Å². The zero-order valence-corrected chi connectivity index (χ0v) is 34.6. The van der Waals surface area contributed by atoms with Crippen molar-refractivity contribution in [1.82, 2.24) is 0 Å². The summed E-state index contributed by atoms with van der Waals surface area (Å²) in [5, 5.41) is 12.4. The fourth-order valence-corrected chi connectivity index (χ4v) is 7.39. The summed E-state index contributed by atoms with van der Waals surface area (Å²) in [5.74, 6) is 1.53. The fraction of sp³-hybridized carbons (Fsp3) is 0.659. The molecule has 0 aliphatic carbocycles. The van der Waals surface area contributed by atoms with E-state index in [2.05, 4.69) is 52.2 Å². The van der Waals surface area contributed by atoms with Gasteiger partial charge >= 0.3 is 0 Å². The number of hydrogen-bond donors (Lipinski definition) is 1. The quantitative estimate of drug-likeness (QED) is 0.0442. The normalized spacial score (nSPS) is 16.1. The second-order valence-corrected chi connectivity index (χ2v) is 20.7. The molecule has 0 bridgehead atoms. The number of benzene rings is 2. The summed E-state index contributed by atoms with van der Waals surface area (Å²) in [7, 11) is 5.21. The maximum atomic E-state index is 12.4. The summed E-state index contributed by atoms with van der Waals surface area (Å²) < 4.78 is 48.1. The predicted octanol–water partition coefficient (Wildman–Crippen LogP) is 8.62. The number of aliphatic hydroxyl groups excluding tert-OH is 1. The molecule has 0 unspecified atom stereocenters. The summed E-state index contributed by atoms with van der Waals surface area (Å²) in [6.07, 6.45) is 1.47. The van der Waals surface area contributed by atoms with Crippen LogP contribution in [0.4, 0.5) is 0 Å². The van der Waals surface area contributed by atoms with Gasteiger partial charge in [0.2, 0.25) is 0 Å². The number of hydrogen-bond acceptors (Lipinski definition) is 9. The lowest BCUT2D eigenvalue weighted by atomic mass is 9.81. The van der Waals surface area contributed by atoms with E-state index in [1.807, 2.05) is 45.0 Å². The third-order valence-electron chi connectivity index (χ3n) is 9.61. The smallest absolute Gasteiger partial charge is 0.167 e. The van der Waals surface area contributed by atoms with Crippen LogP contribution < -0.4 is 14.2 Å². The minimum absolute atomic E-state index is 0.0673. The Balaban J connectivity index is 2.47. The van der Waals surface area contributed by atoms with E-state index < -0.39 is 20.3 Å². The number of aliphatic hydroxyl groups is 1. The second-order valence-electron chi connectivity index (χ2n) is 15.1. The van der Waals surface area contributed by atoms with Crippen molar-refractivity contribution < 1.29 is 43.0 Å². The molecule has 0 aliphatic rings. The van der Waals surface area contributed by atoms with Crippen molar-refractivity contribution >= 4 is 8.07 Å². The zero-order chi connectivity index (χ0) is 38.1. The highest BCUT2D eigenvalue weighted by molar-refractivity contribution is 6.76. The van der Waals surface area contributed by atoms with Crippen LogP contribution in [0.3, 0.4) is 0 Å². The lowest BCUT2D eigenvalue weighted by Crippen LogP contribution is -2.34. The zero-order valence-electron chi connectivity index (χ0n) is 33.6. The molecular formula is C41H68O9Si. The molecule has 10 heteroatoms. The molecule has 0 spiro atoms. The van der Waals surface area contributed by atoms with Crippen molar-refractivity contribution in [3.05, 3.63) is 65.2 Å². The molecule has 7 atom stereocenters. The van der Waals surface area contributed by atoms with Crippen LogP contribution in [0.1, 0.15) is 62.5 Å². The third kappa shape index (κ3) is 13.8. The Kier molecular flexibility index (Phi) is 19.8. The molecule has 0 heterocycles. The topological polar surface area (TPSA) is 94.1 Å². The first-order valence-electron chi connectivity index (χ1n) is 18.3. The van der Waals surface area contributed by atoms with E-state index in [4.69, 9.17) is 37.9 Å². The van der Waals surface area contributed by atoms with Crippen molar-refractivity contribution in [2.75, 3.05) is 55.2 Å². The molecule has 2 aromatic rings. The van der Waals surface area contributed by atoms with E-state index in [1.54, 1.807) is 28.4 Å². The van der Waals surface area contributed by atoms with Crippen LogP contribution in [0.2, 0.25) is 25.7 Å². The molecule has 0 aromatic heterocycles. The van der Waals surface area contributed by atoms with Gasteiger partial charge in [-0.3, -0.25) is 0 Å². The van der Waals surface area contributed by atoms with Gasteiger partial charge in [0.1, 0.15) is 19.3 Å². The Hall–Kier alpha value is -2.44. The summed E-state index contributed by atoms with van der Waals surface area (Å²) in [6.45, 7) is 23.4. The second kappa shape index (κ2) is 22.6. The molecule has 0 radical (unpaired) electrons. The van der Waals surface area contributed by atoms with Crippen LogP contribution in [0, 0.1) is 30.6 Å². The Morgan fingerprint density at radius 3 is 2.06 bits per heavy atom. The molecule has 0 saturated heterocycles. The van der Waals surface area contributed by atoms with Gasteiger partial charge in [0, 0.05) is 63.3 Å². The van der Waals surface area contributed by atoms with E-state index in [-0.39, 0.29) is 43.4 Å². The monoisotopic (exact) mass is 732 g/mol. The first kappa shape index (κ1) is 44.7. The van der Waals surface area contributed by atoms with Crippen LogP contribution in [0.25, 0.3) is 0 Å². The van der Waals surface area contributed by atoms with Crippen molar-refractivity contribution in [3.63, 3.8) is 0 Å². The predicted molar refractivity (Wildman–Crippen MR) is 208 cm³/mol. The molecule has 9 nitrogen and oxygen atoms in total.